The maximum atomic E-state index is 12.2. The van der Waals surface area contributed by atoms with E-state index in [4.69, 9.17) is 10.8 Å². The molecule has 0 bridgehead atoms. The van der Waals surface area contributed by atoms with Crippen molar-refractivity contribution in [3.05, 3.63) is 0 Å². The zero-order valence-corrected chi connectivity index (χ0v) is 15.8. The molecule has 0 saturated carbocycles. The van der Waals surface area contributed by atoms with Gasteiger partial charge < -0.3 is 37.2 Å². The Morgan fingerprint density at radius 2 is 1.44 bits per heavy atom. The van der Waals surface area contributed by atoms with Gasteiger partial charge in [0.1, 0.15) is 24.7 Å². The highest BCUT2D eigenvalue weighted by Gasteiger charge is 2.28. The van der Waals surface area contributed by atoms with Gasteiger partial charge in [-0.15, -0.1) is 0 Å². The monoisotopic (exact) mass is 407 g/mol. The van der Waals surface area contributed by atoms with Gasteiger partial charge in [-0.3, -0.25) is 24.0 Å². The van der Waals surface area contributed by atoms with Crippen LogP contribution in [0.4, 0.5) is 0 Å². The van der Waals surface area contributed by atoms with Gasteiger partial charge in [-0.25, -0.2) is 0 Å². The van der Waals surface area contributed by atoms with Crippen LogP contribution in [-0.4, -0.2) is 82.9 Å². The van der Waals surface area contributed by atoms with Crippen molar-refractivity contribution in [1.29, 1.82) is 0 Å². The number of carboxylic acid groups (broad SMARTS) is 1. The number of carbonyl (C=O) groups is 5. The third-order valence-corrected chi connectivity index (χ3v) is 3.58. The fourth-order valence-corrected chi connectivity index (χ4v) is 1.92. The van der Waals surface area contributed by atoms with E-state index in [1.54, 1.807) is 0 Å². The van der Waals surface area contributed by atoms with E-state index in [1.165, 1.54) is 13.8 Å². The van der Waals surface area contributed by atoms with Crippen LogP contribution in [0.15, 0.2) is 0 Å². The molecular weight excluding hydrogens is 382 g/mol. The molecule has 154 valence electrons. The Labute approximate surface area is 161 Å². The predicted octanol–water partition coefficient (Wildman–Crippen LogP) is -4.07. The summed E-state index contributed by atoms with van der Waals surface area (Å²) in [4.78, 5) is 57.9. The van der Waals surface area contributed by atoms with Gasteiger partial charge >= 0.3 is 5.97 Å². The number of rotatable bonds is 11. The average Bonchev–Trinajstić information content (AvgIpc) is 2.60. The second-order valence-electron chi connectivity index (χ2n) is 5.62. The Hall–Kier alpha value is -2.38. The zero-order valence-electron chi connectivity index (χ0n) is 14.9. The first-order chi connectivity index (χ1) is 12.5. The summed E-state index contributed by atoms with van der Waals surface area (Å²) in [6, 6.07) is -4.46. The fraction of sp³-hybridized carbons (Fsp3) is 0.643. The lowest BCUT2D eigenvalue weighted by Crippen LogP contribution is -2.58. The summed E-state index contributed by atoms with van der Waals surface area (Å²) in [5.41, 5.74) is 5.39. The minimum Gasteiger partial charge on any atom is -0.480 e. The van der Waals surface area contributed by atoms with Crippen LogP contribution in [0.1, 0.15) is 13.8 Å². The number of aliphatic carboxylic acids is 1. The van der Waals surface area contributed by atoms with Gasteiger partial charge in [0.05, 0.1) is 12.6 Å². The molecule has 0 saturated heterocycles. The number of carboxylic acids is 1. The molecule has 0 aliphatic rings. The van der Waals surface area contributed by atoms with Crippen molar-refractivity contribution in [3.8, 4) is 0 Å². The van der Waals surface area contributed by atoms with Crippen molar-refractivity contribution in [3.63, 3.8) is 0 Å². The van der Waals surface area contributed by atoms with Crippen LogP contribution in [0, 0.1) is 0 Å². The van der Waals surface area contributed by atoms with Crippen LogP contribution in [0.3, 0.4) is 0 Å². The highest BCUT2D eigenvalue weighted by molar-refractivity contribution is 7.80. The highest BCUT2D eigenvalue weighted by atomic mass is 32.1. The molecule has 0 radical (unpaired) electrons. The molecular formula is C14H25N5O7S. The number of amides is 4. The number of hydrogen-bond donors (Lipinski definition) is 8. The lowest BCUT2D eigenvalue weighted by molar-refractivity contribution is -0.138. The molecule has 0 fully saturated rings. The summed E-state index contributed by atoms with van der Waals surface area (Å²) < 4.78 is 0. The summed E-state index contributed by atoms with van der Waals surface area (Å²) in [5.74, 6) is -4.35. The topological polar surface area (TPSA) is 200 Å². The second kappa shape index (κ2) is 12.1. The largest absolute Gasteiger partial charge is 0.480 e. The quantitative estimate of drug-likeness (QED) is 0.158. The molecule has 0 rings (SSSR count). The first-order valence-electron chi connectivity index (χ1n) is 7.91. The maximum absolute atomic E-state index is 12.2. The summed E-state index contributed by atoms with van der Waals surface area (Å²) in [7, 11) is 0. The van der Waals surface area contributed by atoms with E-state index in [0.29, 0.717) is 0 Å². The molecule has 8 N–H and O–H groups in total. The van der Waals surface area contributed by atoms with Crippen LogP contribution in [0.5, 0.6) is 0 Å². The van der Waals surface area contributed by atoms with Crippen LogP contribution in [0.2, 0.25) is 0 Å². The number of nitrogens with two attached hydrogens (primary N) is 1. The minimum atomic E-state index is -1.40. The predicted molar refractivity (Wildman–Crippen MR) is 96.7 cm³/mol. The van der Waals surface area contributed by atoms with Crippen molar-refractivity contribution in [1.82, 2.24) is 21.3 Å². The van der Waals surface area contributed by atoms with E-state index >= 15 is 0 Å². The fourth-order valence-electron chi connectivity index (χ4n) is 1.66. The first-order valence-corrected chi connectivity index (χ1v) is 8.54. The van der Waals surface area contributed by atoms with Crippen LogP contribution < -0.4 is 27.0 Å². The highest BCUT2D eigenvalue weighted by Crippen LogP contribution is 1.94. The van der Waals surface area contributed by atoms with Crippen molar-refractivity contribution in [2.75, 3.05) is 18.9 Å². The molecule has 4 amide bonds. The maximum Gasteiger partial charge on any atom is 0.322 e. The van der Waals surface area contributed by atoms with Crippen molar-refractivity contribution in [2.24, 2.45) is 5.73 Å². The third kappa shape index (κ3) is 9.21. The number of aliphatic hydroxyl groups excluding tert-OH is 1. The van der Waals surface area contributed by atoms with Crippen LogP contribution >= 0.6 is 12.6 Å². The Balaban J connectivity index is 4.78. The summed E-state index contributed by atoms with van der Waals surface area (Å²) in [6.07, 6.45) is 0. The Kier molecular flexibility index (Phi) is 11.0. The molecule has 0 aromatic heterocycles. The molecule has 27 heavy (non-hydrogen) atoms. The van der Waals surface area contributed by atoms with Gasteiger partial charge in [0.15, 0.2) is 0 Å². The average molecular weight is 407 g/mol. The van der Waals surface area contributed by atoms with Crippen molar-refractivity contribution < 1.29 is 34.2 Å². The van der Waals surface area contributed by atoms with Gasteiger partial charge in [-0.05, 0) is 13.8 Å². The van der Waals surface area contributed by atoms with Gasteiger partial charge in [-0.1, -0.05) is 0 Å². The number of hydrogen-bond acceptors (Lipinski definition) is 8. The number of carbonyl (C=O) groups excluding carboxylic acids is 4. The Bertz CT molecular complexity index is 572. The molecule has 12 nitrogen and oxygen atoms in total. The van der Waals surface area contributed by atoms with E-state index in [2.05, 4.69) is 33.9 Å². The standard InChI is InChI=1S/C14H25N5O7S/c1-6(15)11(23)19-9(5-27)14(26)18-8(4-20)13(25)17-7(2)12(24)16-3-10(21)22/h6-9,20,27H,3-5,15H2,1-2H3,(H,16,24)(H,17,25)(H,18,26)(H,19,23)(H,21,22)/t6-,7-,8-,9-/m0/s1. The lowest BCUT2D eigenvalue weighted by Gasteiger charge is -2.22. The molecule has 0 aromatic rings. The van der Waals surface area contributed by atoms with Gasteiger partial charge in [-0.2, -0.15) is 12.6 Å². The smallest absolute Gasteiger partial charge is 0.322 e. The molecule has 13 heteroatoms. The Morgan fingerprint density at radius 1 is 0.926 bits per heavy atom. The first kappa shape index (κ1) is 24.6. The minimum absolute atomic E-state index is 0.0853. The SMILES string of the molecule is C[C@H](N)C(=O)N[C@@H](CS)C(=O)N[C@@H](CO)C(=O)N[C@@H](C)C(=O)NCC(=O)O. The van der Waals surface area contributed by atoms with Gasteiger partial charge in [0.25, 0.3) is 0 Å². The summed E-state index contributed by atoms with van der Waals surface area (Å²) >= 11 is 3.94. The second-order valence-corrected chi connectivity index (χ2v) is 5.98. The van der Waals surface area contributed by atoms with Gasteiger partial charge in [0.2, 0.25) is 23.6 Å². The zero-order chi connectivity index (χ0) is 21.1. The molecule has 0 aliphatic carbocycles. The molecule has 0 unspecified atom stereocenters. The number of aliphatic hydroxyl groups is 1. The third-order valence-electron chi connectivity index (χ3n) is 3.21. The number of nitrogens with one attached hydrogen (secondary N) is 4. The van der Waals surface area contributed by atoms with E-state index in [0.717, 1.165) is 0 Å². The van der Waals surface area contributed by atoms with E-state index < -0.39 is 66.9 Å². The molecule has 0 heterocycles. The van der Waals surface area contributed by atoms with E-state index in [-0.39, 0.29) is 5.75 Å². The van der Waals surface area contributed by atoms with Crippen LogP contribution in [0.25, 0.3) is 0 Å². The van der Waals surface area contributed by atoms with Crippen LogP contribution in [-0.2, 0) is 24.0 Å². The normalized spacial score (nSPS) is 14.9. The van der Waals surface area contributed by atoms with E-state index in [9.17, 15) is 29.1 Å². The van der Waals surface area contributed by atoms with Gasteiger partial charge in [0, 0.05) is 5.75 Å². The summed E-state index contributed by atoms with van der Waals surface area (Å²) in [6.45, 7) is 1.32. The van der Waals surface area contributed by atoms with Crippen molar-refractivity contribution in [2.45, 2.75) is 38.0 Å². The number of thiol groups is 1. The lowest BCUT2D eigenvalue weighted by atomic mass is 10.2. The van der Waals surface area contributed by atoms with E-state index in [1.807, 2.05) is 0 Å². The molecule has 0 aromatic carbocycles. The van der Waals surface area contributed by atoms with Crippen molar-refractivity contribution >= 4 is 42.2 Å². The Morgan fingerprint density at radius 3 is 1.89 bits per heavy atom. The molecule has 4 atom stereocenters. The molecule has 0 aliphatic heterocycles. The summed E-state index contributed by atoms with van der Waals surface area (Å²) in [5, 5.41) is 26.7. The molecule has 0 spiro atoms.